The molecule has 0 bridgehead atoms. The first kappa shape index (κ1) is 13.3. The minimum absolute atomic E-state index is 0.438. The lowest BCUT2D eigenvalue weighted by molar-refractivity contribution is 0.185. The van der Waals surface area contributed by atoms with E-state index in [-0.39, 0.29) is 0 Å². The van der Waals surface area contributed by atoms with E-state index in [9.17, 15) is 0 Å². The first-order valence-corrected chi connectivity index (χ1v) is 6.06. The third-order valence-corrected chi connectivity index (χ3v) is 3.72. The zero-order valence-corrected chi connectivity index (χ0v) is 10.5. The zero-order valence-electron chi connectivity index (χ0n) is 9.64. The van der Waals surface area contributed by atoms with Crippen molar-refractivity contribution in [1.29, 1.82) is 0 Å². The summed E-state index contributed by atoms with van der Waals surface area (Å²) in [7, 11) is 2.22. The van der Waals surface area contributed by atoms with Crippen LogP contribution in [0.4, 0.5) is 0 Å². The van der Waals surface area contributed by atoms with Gasteiger partial charge in [-0.15, -0.1) is 0 Å². The minimum atomic E-state index is 0.438. The normalized spacial score (nSPS) is 12.5. The van der Waals surface area contributed by atoms with Crippen LogP contribution in [0, 0.1) is 5.41 Å². The van der Waals surface area contributed by atoms with E-state index in [1.54, 1.807) is 0 Å². The summed E-state index contributed by atoms with van der Waals surface area (Å²) >= 11 is 4.48. The molecule has 13 heavy (non-hydrogen) atoms. The Hall–Kier alpha value is 0.310. The van der Waals surface area contributed by atoms with Crippen LogP contribution in [-0.2, 0) is 0 Å². The van der Waals surface area contributed by atoms with Gasteiger partial charge in [-0.05, 0) is 44.0 Å². The molecular formula is C11H25NS. The average molecular weight is 203 g/mol. The van der Waals surface area contributed by atoms with E-state index in [1.807, 2.05) is 0 Å². The largest absolute Gasteiger partial charge is 0.306 e. The molecule has 80 valence electrons. The summed E-state index contributed by atoms with van der Waals surface area (Å²) in [6.45, 7) is 9.18. The predicted molar refractivity (Wildman–Crippen MR) is 64.7 cm³/mol. The van der Waals surface area contributed by atoms with Gasteiger partial charge in [-0.1, -0.05) is 20.8 Å². The van der Waals surface area contributed by atoms with Crippen molar-refractivity contribution in [2.24, 2.45) is 5.41 Å². The Labute approximate surface area is 89.3 Å². The van der Waals surface area contributed by atoms with Crippen LogP contribution in [0.2, 0.25) is 0 Å². The molecule has 0 N–H and O–H groups in total. The lowest BCUT2D eigenvalue weighted by Crippen LogP contribution is -2.36. The molecule has 0 aromatic heterocycles. The number of nitrogens with zero attached hydrogens (tertiary/aromatic N) is 1. The number of rotatable bonds is 7. The summed E-state index contributed by atoms with van der Waals surface area (Å²) in [5.74, 6) is 1.01. The lowest BCUT2D eigenvalue weighted by Gasteiger charge is -2.34. The third kappa shape index (κ3) is 4.37. The van der Waals surface area contributed by atoms with E-state index in [2.05, 4.69) is 45.3 Å². The van der Waals surface area contributed by atoms with E-state index >= 15 is 0 Å². The highest BCUT2D eigenvalue weighted by Crippen LogP contribution is 2.28. The molecule has 0 saturated heterocycles. The third-order valence-electron chi connectivity index (χ3n) is 3.05. The second-order valence-electron chi connectivity index (χ2n) is 4.10. The zero-order chi connectivity index (χ0) is 10.3. The second kappa shape index (κ2) is 6.72. The molecule has 2 heteroatoms. The van der Waals surface area contributed by atoms with Crippen LogP contribution in [-0.4, -0.2) is 30.8 Å². The van der Waals surface area contributed by atoms with Gasteiger partial charge in [-0.2, -0.15) is 12.6 Å². The monoisotopic (exact) mass is 203 g/mol. The Morgan fingerprint density at radius 2 is 1.69 bits per heavy atom. The van der Waals surface area contributed by atoms with Crippen molar-refractivity contribution in [2.75, 3.05) is 25.9 Å². The van der Waals surface area contributed by atoms with Crippen molar-refractivity contribution < 1.29 is 0 Å². The van der Waals surface area contributed by atoms with Gasteiger partial charge >= 0.3 is 0 Å². The van der Waals surface area contributed by atoms with Crippen molar-refractivity contribution in [3.63, 3.8) is 0 Å². The maximum Gasteiger partial charge on any atom is 0.00425 e. The molecule has 0 saturated carbocycles. The smallest absolute Gasteiger partial charge is 0.00425 e. The van der Waals surface area contributed by atoms with E-state index < -0.39 is 0 Å². The standard InChI is InChI=1S/C11H25NS/c1-5-8-12(4)9-11(6-2,7-3)10-13/h13H,5-10H2,1-4H3. The van der Waals surface area contributed by atoms with Gasteiger partial charge in [0.2, 0.25) is 0 Å². The van der Waals surface area contributed by atoms with E-state index in [0.29, 0.717) is 5.41 Å². The maximum atomic E-state index is 4.48. The van der Waals surface area contributed by atoms with Gasteiger partial charge in [0, 0.05) is 6.54 Å². The first-order chi connectivity index (χ1) is 6.14. The predicted octanol–water partition coefficient (Wildman–Crippen LogP) is 3.06. The van der Waals surface area contributed by atoms with E-state index in [4.69, 9.17) is 0 Å². The summed E-state index contributed by atoms with van der Waals surface area (Å²) in [4.78, 5) is 2.43. The fourth-order valence-electron chi connectivity index (χ4n) is 1.78. The summed E-state index contributed by atoms with van der Waals surface area (Å²) in [6, 6.07) is 0. The summed E-state index contributed by atoms with van der Waals surface area (Å²) < 4.78 is 0. The highest BCUT2D eigenvalue weighted by atomic mass is 32.1. The molecular weight excluding hydrogens is 178 g/mol. The van der Waals surface area contributed by atoms with Crippen LogP contribution < -0.4 is 0 Å². The van der Waals surface area contributed by atoms with E-state index in [0.717, 1.165) is 5.75 Å². The lowest BCUT2D eigenvalue weighted by atomic mass is 9.84. The quantitative estimate of drug-likeness (QED) is 0.622. The fourth-order valence-corrected chi connectivity index (χ4v) is 2.33. The van der Waals surface area contributed by atoms with Crippen molar-refractivity contribution >= 4 is 12.6 Å². The van der Waals surface area contributed by atoms with Gasteiger partial charge in [0.25, 0.3) is 0 Å². The SMILES string of the molecule is CCCN(C)CC(CC)(CC)CS. The van der Waals surface area contributed by atoms with Crippen LogP contribution in [0.25, 0.3) is 0 Å². The first-order valence-electron chi connectivity index (χ1n) is 5.43. The molecule has 0 aliphatic heterocycles. The Morgan fingerprint density at radius 3 is 2.00 bits per heavy atom. The summed E-state index contributed by atoms with van der Waals surface area (Å²) in [5, 5.41) is 0. The molecule has 0 atom stereocenters. The van der Waals surface area contributed by atoms with Gasteiger partial charge in [-0.3, -0.25) is 0 Å². The summed E-state index contributed by atoms with van der Waals surface area (Å²) in [6.07, 6.45) is 3.72. The second-order valence-corrected chi connectivity index (χ2v) is 4.42. The van der Waals surface area contributed by atoms with Crippen molar-refractivity contribution in [2.45, 2.75) is 40.0 Å². The molecule has 0 fully saturated rings. The Bertz CT molecular complexity index is 113. The molecule has 0 aliphatic carbocycles. The van der Waals surface area contributed by atoms with Gasteiger partial charge in [0.1, 0.15) is 0 Å². The Morgan fingerprint density at radius 1 is 1.15 bits per heavy atom. The molecule has 1 nitrogen and oxygen atoms in total. The molecule has 0 aliphatic rings. The van der Waals surface area contributed by atoms with Crippen molar-refractivity contribution in [3.05, 3.63) is 0 Å². The Kier molecular flexibility index (Phi) is 6.88. The van der Waals surface area contributed by atoms with Gasteiger partial charge < -0.3 is 4.90 Å². The molecule has 0 heterocycles. The van der Waals surface area contributed by atoms with Crippen LogP contribution >= 0.6 is 12.6 Å². The maximum absolute atomic E-state index is 4.48. The molecule has 0 spiro atoms. The van der Waals surface area contributed by atoms with Crippen LogP contribution in [0.3, 0.4) is 0 Å². The molecule has 0 unspecified atom stereocenters. The molecule has 0 aromatic carbocycles. The molecule has 0 amide bonds. The summed E-state index contributed by atoms with van der Waals surface area (Å²) in [5.41, 5.74) is 0.438. The highest BCUT2D eigenvalue weighted by Gasteiger charge is 2.25. The highest BCUT2D eigenvalue weighted by molar-refractivity contribution is 7.80. The Balaban J connectivity index is 4.07. The average Bonchev–Trinajstić information content (AvgIpc) is 2.15. The number of hydrogen-bond donors (Lipinski definition) is 1. The fraction of sp³-hybridized carbons (Fsp3) is 1.00. The number of hydrogen-bond acceptors (Lipinski definition) is 2. The van der Waals surface area contributed by atoms with Crippen LogP contribution in [0.5, 0.6) is 0 Å². The topological polar surface area (TPSA) is 3.24 Å². The van der Waals surface area contributed by atoms with Crippen molar-refractivity contribution in [1.82, 2.24) is 4.90 Å². The van der Waals surface area contributed by atoms with Crippen molar-refractivity contribution in [3.8, 4) is 0 Å². The molecule has 0 radical (unpaired) electrons. The van der Waals surface area contributed by atoms with Crippen LogP contribution in [0.1, 0.15) is 40.0 Å². The van der Waals surface area contributed by atoms with Gasteiger partial charge in [0.05, 0.1) is 0 Å². The van der Waals surface area contributed by atoms with E-state index in [1.165, 1.54) is 32.4 Å². The molecule has 0 rings (SSSR count). The van der Waals surface area contributed by atoms with Crippen LogP contribution in [0.15, 0.2) is 0 Å². The number of thiol groups is 1. The minimum Gasteiger partial charge on any atom is -0.306 e. The van der Waals surface area contributed by atoms with Gasteiger partial charge in [0.15, 0.2) is 0 Å². The van der Waals surface area contributed by atoms with Gasteiger partial charge in [-0.25, -0.2) is 0 Å². The molecule has 0 aromatic rings.